The zero-order chi connectivity index (χ0) is 8.72. The van der Waals surface area contributed by atoms with Crippen LogP contribution in [0.15, 0.2) is 35.1 Å². The molecule has 0 saturated heterocycles. The van der Waals surface area contributed by atoms with Gasteiger partial charge in [0.05, 0.1) is 4.92 Å². The van der Waals surface area contributed by atoms with Crippen molar-refractivity contribution in [2.75, 3.05) is 0 Å². The van der Waals surface area contributed by atoms with Crippen molar-refractivity contribution in [3.63, 3.8) is 0 Å². The third-order valence-corrected chi connectivity index (χ3v) is 1.99. The maximum Gasteiger partial charge on any atom is 0.316 e. The number of carbonyl (C=O) groups is 1. The normalized spacial score (nSPS) is 20.0. The standard InChI is InChI=1S/C8H5NO3/c10-8-6-3-1-5(6)2-4-7(8)9(11)12/h2-4H,1H2. The van der Waals surface area contributed by atoms with Crippen molar-refractivity contribution in [1.29, 1.82) is 0 Å². The molecule has 0 atom stereocenters. The summed E-state index contributed by atoms with van der Waals surface area (Å²) in [7, 11) is 0. The molecule has 0 bridgehead atoms. The zero-order valence-corrected chi connectivity index (χ0v) is 6.11. The first-order valence-corrected chi connectivity index (χ1v) is 3.50. The maximum absolute atomic E-state index is 11.2. The number of hydrogen-bond acceptors (Lipinski definition) is 3. The second-order valence-electron chi connectivity index (χ2n) is 2.65. The fraction of sp³-hybridized carbons (Fsp3) is 0.125. The van der Waals surface area contributed by atoms with Gasteiger partial charge in [0.1, 0.15) is 0 Å². The SMILES string of the molecule is O=C1C2=CCC2=CC=C1[N+](=O)[O-]. The van der Waals surface area contributed by atoms with Gasteiger partial charge in [0.15, 0.2) is 0 Å². The van der Waals surface area contributed by atoms with Crippen molar-refractivity contribution in [2.24, 2.45) is 0 Å². The summed E-state index contributed by atoms with van der Waals surface area (Å²) in [5.74, 6) is -0.455. The molecule has 0 heterocycles. The van der Waals surface area contributed by atoms with E-state index in [-0.39, 0.29) is 5.70 Å². The number of rotatable bonds is 1. The number of nitrogens with zero attached hydrogens (tertiary/aromatic N) is 1. The Balaban J connectivity index is 2.46. The van der Waals surface area contributed by atoms with E-state index in [2.05, 4.69) is 0 Å². The lowest BCUT2D eigenvalue weighted by Crippen LogP contribution is -2.21. The molecule has 4 heteroatoms. The van der Waals surface area contributed by atoms with E-state index in [9.17, 15) is 14.9 Å². The number of nitro groups is 1. The van der Waals surface area contributed by atoms with Crippen LogP contribution in [0.3, 0.4) is 0 Å². The van der Waals surface area contributed by atoms with Gasteiger partial charge >= 0.3 is 5.70 Å². The Morgan fingerprint density at radius 3 is 2.67 bits per heavy atom. The summed E-state index contributed by atoms with van der Waals surface area (Å²) in [6, 6.07) is 0. The summed E-state index contributed by atoms with van der Waals surface area (Å²) in [5, 5.41) is 10.3. The fourth-order valence-electron chi connectivity index (χ4n) is 1.26. The lowest BCUT2D eigenvalue weighted by molar-refractivity contribution is -0.418. The summed E-state index contributed by atoms with van der Waals surface area (Å²) >= 11 is 0. The number of allylic oxidation sites excluding steroid dienone is 5. The lowest BCUT2D eigenvalue weighted by Gasteiger charge is -2.18. The number of fused-ring (bicyclic) bond motifs is 1. The van der Waals surface area contributed by atoms with Crippen molar-refractivity contribution < 1.29 is 9.72 Å². The van der Waals surface area contributed by atoms with Crippen LogP contribution in [0.1, 0.15) is 6.42 Å². The van der Waals surface area contributed by atoms with E-state index in [1.165, 1.54) is 6.08 Å². The predicted octanol–water partition coefficient (Wildman–Crippen LogP) is 0.986. The molecule has 0 aromatic heterocycles. The molecule has 2 rings (SSSR count). The first kappa shape index (κ1) is 6.97. The topological polar surface area (TPSA) is 60.2 Å². The zero-order valence-electron chi connectivity index (χ0n) is 6.11. The first-order chi connectivity index (χ1) is 5.70. The van der Waals surface area contributed by atoms with Crippen LogP contribution < -0.4 is 0 Å². The molecule has 0 radical (unpaired) electrons. The van der Waals surface area contributed by atoms with E-state index in [1.54, 1.807) is 12.2 Å². The van der Waals surface area contributed by atoms with E-state index >= 15 is 0 Å². The average Bonchev–Trinajstić information content (AvgIpc) is 1.92. The third kappa shape index (κ3) is 0.747. The Morgan fingerprint density at radius 2 is 2.17 bits per heavy atom. The number of hydrogen-bond donors (Lipinski definition) is 0. The Bertz CT molecular complexity index is 374. The third-order valence-electron chi connectivity index (χ3n) is 1.99. The van der Waals surface area contributed by atoms with Gasteiger partial charge in [-0.25, -0.2) is 0 Å². The van der Waals surface area contributed by atoms with Crippen LogP contribution in [-0.2, 0) is 4.79 Å². The monoisotopic (exact) mass is 163 g/mol. The van der Waals surface area contributed by atoms with E-state index in [0.29, 0.717) is 5.57 Å². The molecule has 2 aliphatic carbocycles. The fourth-order valence-corrected chi connectivity index (χ4v) is 1.26. The summed E-state index contributed by atoms with van der Waals surface area (Å²) in [5.41, 5.74) is 1.08. The van der Waals surface area contributed by atoms with E-state index < -0.39 is 10.7 Å². The minimum absolute atomic E-state index is 0.329. The van der Waals surface area contributed by atoms with Crippen LogP contribution in [0, 0.1) is 10.1 Å². The summed E-state index contributed by atoms with van der Waals surface area (Å²) in [6.45, 7) is 0. The van der Waals surface area contributed by atoms with Gasteiger partial charge in [-0.1, -0.05) is 12.2 Å². The minimum Gasteiger partial charge on any atom is -0.282 e. The molecule has 0 aromatic carbocycles. The molecule has 2 aliphatic rings. The van der Waals surface area contributed by atoms with Crippen LogP contribution in [0.4, 0.5) is 0 Å². The molecule has 60 valence electrons. The van der Waals surface area contributed by atoms with E-state index in [1.807, 2.05) is 0 Å². The lowest BCUT2D eigenvalue weighted by atomic mass is 9.84. The highest BCUT2D eigenvalue weighted by Crippen LogP contribution is 2.32. The maximum atomic E-state index is 11.2. The van der Waals surface area contributed by atoms with E-state index in [0.717, 1.165) is 12.0 Å². The summed E-state index contributed by atoms with van der Waals surface area (Å²) in [4.78, 5) is 20.9. The Morgan fingerprint density at radius 1 is 1.42 bits per heavy atom. The molecule has 12 heavy (non-hydrogen) atoms. The summed E-state index contributed by atoms with van der Waals surface area (Å²) < 4.78 is 0. The molecule has 0 spiro atoms. The Labute approximate surface area is 68.0 Å². The van der Waals surface area contributed by atoms with Crippen LogP contribution >= 0.6 is 0 Å². The van der Waals surface area contributed by atoms with Crippen LogP contribution in [-0.4, -0.2) is 10.7 Å². The predicted molar refractivity (Wildman–Crippen MR) is 40.9 cm³/mol. The number of carbonyl (C=O) groups excluding carboxylic acids is 1. The van der Waals surface area contributed by atoms with Gasteiger partial charge < -0.3 is 0 Å². The highest BCUT2D eigenvalue weighted by molar-refractivity contribution is 6.12. The quantitative estimate of drug-likeness (QED) is 0.427. The van der Waals surface area contributed by atoms with Gasteiger partial charge in [0.2, 0.25) is 0 Å². The highest BCUT2D eigenvalue weighted by Gasteiger charge is 2.33. The highest BCUT2D eigenvalue weighted by atomic mass is 16.6. The smallest absolute Gasteiger partial charge is 0.282 e. The first-order valence-electron chi connectivity index (χ1n) is 3.50. The summed E-state index contributed by atoms with van der Waals surface area (Å²) in [6.07, 6.45) is 5.37. The molecule has 0 unspecified atom stereocenters. The minimum atomic E-state index is -0.644. The molecule has 0 saturated carbocycles. The molecule has 0 amide bonds. The van der Waals surface area contributed by atoms with Crippen molar-refractivity contribution in [1.82, 2.24) is 0 Å². The van der Waals surface area contributed by atoms with Gasteiger partial charge in [0, 0.05) is 11.6 Å². The van der Waals surface area contributed by atoms with Gasteiger partial charge in [-0.05, 0) is 12.0 Å². The van der Waals surface area contributed by atoms with Crippen molar-refractivity contribution in [3.8, 4) is 0 Å². The molecule has 0 aliphatic heterocycles. The second-order valence-corrected chi connectivity index (χ2v) is 2.65. The molecule has 0 aromatic rings. The molecule has 4 nitrogen and oxygen atoms in total. The molecular formula is C8H5NO3. The second kappa shape index (κ2) is 2.14. The van der Waals surface area contributed by atoms with Crippen molar-refractivity contribution in [2.45, 2.75) is 6.42 Å². The van der Waals surface area contributed by atoms with E-state index in [4.69, 9.17) is 0 Å². The van der Waals surface area contributed by atoms with Gasteiger partial charge in [-0.15, -0.1) is 0 Å². The largest absolute Gasteiger partial charge is 0.316 e. The van der Waals surface area contributed by atoms with Crippen LogP contribution in [0.25, 0.3) is 0 Å². The Hall–Kier alpha value is -1.71. The average molecular weight is 163 g/mol. The Kier molecular flexibility index (Phi) is 1.24. The molecule has 0 fully saturated rings. The van der Waals surface area contributed by atoms with Crippen molar-refractivity contribution >= 4 is 5.78 Å². The molecule has 0 N–H and O–H groups in total. The van der Waals surface area contributed by atoms with Crippen LogP contribution in [0.2, 0.25) is 0 Å². The van der Waals surface area contributed by atoms with Crippen LogP contribution in [0.5, 0.6) is 0 Å². The molecular weight excluding hydrogens is 158 g/mol. The number of Topliss-reactive ketones (excluding diaryl/α,β-unsaturated/α-hetero) is 1. The van der Waals surface area contributed by atoms with Gasteiger partial charge in [-0.2, -0.15) is 0 Å². The van der Waals surface area contributed by atoms with Crippen molar-refractivity contribution in [3.05, 3.63) is 45.2 Å². The number of ketones is 1. The van der Waals surface area contributed by atoms with Gasteiger partial charge in [0.25, 0.3) is 5.78 Å². The van der Waals surface area contributed by atoms with Gasteiger partial charge in [-0.3, -0.25) is 14.9 Å².